The Kier molecular flexibility index (Phi) is 3.94. The molecule has 1 N–H and O–H groups in total. The standard InChI is InChI=1S/C18H18N2O2/c1-13(2)12-22-16-7-5-14(6-8-16)17-10-20-9-3-4-15(11-21)18(20)19-17/h3-10,21H,1,11-12H2,2H3. The maximum absolute atomic E-state index is 9.38. The minimum Gasteiger partial charge on any atom is -0.489 e. The molecule has 2 aromatic heterocycles. The molecule has 0 saturated heterocycles. The fourth-order valence-electron chi connectivity index (χ4n) is 2.26. The van der Waals surface area contributed by atoms with Crippen LogP contribution in [0.2, 0.25) is 0 Å². The van der Waals surface area contributed by atoms with Crippen LogP contribution in [0, 0.1) is 0 Å². The minimum absolute atomic E-state index is 0.0194. The van der Waals surface area contributed by atoms with Crippen molar-refractivity contribution < 1.29 is 9.84 Å². The fraction of sp³-hybridized carbons (Fsp3) is 0.167. The van der Waals surface area contributed by atoms with Crippen molar-refractivity contribution in [1.29, 1.82) is 0 Å². The first-order chi connectivity index (χ1) is 10.7. The first-order valence-corrected chi connectivity index (χ1v) is 7.12. The van der Waals surface area contributed by atoms with E-state index >= 15 is 0 Å². The molecule has 3 rings (SSSR count). The highest BCUT2D eigenvalue weighted by Crippen LogP contribution is 2.23. The Labute approximate surface area is 129 Å². The third-order valence-electron chi connectivity index (χ3n) is 3.37. The molecule has 112 valence electrons. The lowest BCUT2D eigenvalue weighted by molar-refractivity contribution is 0.282. The highest BCUT2D eigenvalue weighted by molar-refractivity contribution is 5.64. The van der Waals surface area contributed by atoms with E-state index in [2.05, 4.69) is 11.6 Å². The lowest BCUT2D eigenvalue weighted by Crippen LogP contribution is -1.97. The van der Waals surface area contributed by atoms with E-state index in [1.165, 1.54) is 0 Å². The van der Waals surface area contributed by atoms with Crippen molar-refractivity contribution in [2.75, 3.05) is 6.61 Å². The molecule has 4 heteroatoms. The zero-order valence-electron chi connectivity index (χ0n) is 12.5. The van der Waals surface area contributed by atoms with Gasteiger partial charge < -0.3 is 14.2 Å². The van der Waals surface area contributed by atoms with Crippen molar-refractivity contribution in [3.8, 4) is 17.0 Å². The maximum atomic E-state index is 9.38. The summed E-state index contributed by atoms with van der Waals surface area (Å²) in [6.45, 7) is 6.25. The predicted molar refractivity (Wildman–Crippen MR) is 86.9 cm³/mol. The molecule has 22 heavy (non-hydrogen) atoms. The summed E-state index contributed by atoms with van der Waals surface area (Å²) in [6, 6.07) is 11.6. The van der Waals surface area contributed by atoms with Crippen LogP contribution in [0.25, 0.3) is 16.9 Å². The Morgan fingerprint density at radius 2 is 2.05 bits per heavy atom. The maximum Gasteiger partial charge on any atom is 0.142 e. The van der Waals surface area contributed by atoms with Gasteiger partial charge in [0.25, 0.3) is 0 Å². The summed E-state index contributed by atoms with van der Waals surface area (Å²) in [5.41, 5.74) is 4.46. The smallest absolute Gasteiger partial charge is 0.142 e. The van der Waals surface area contributed by atoms with Crippen molar-refractivity contribution in [3.63, 3.8) is 0 Å². The zero-order chi connectivity index (χ0) is 15.5. The van der Waals surface area contributed by atoms with E-state index in [4.69, 9.17) is 4.74 Å². The number of aliphatic hydroxyl groups is 1. The van der Waals surface area contributed by atoms with Crippen molar-refractivity contribution >= 4 is 5.65 Å². The lowest BCUT2D eigenvalue weighted by Gasteiger charge is -2.05. The van der Waals surface area contributed by atoms with E-state index in [1.807, 2.05) is 60.1 Å². The molecule has 0 bridgehead atoms. The second kappa shape index (κ2) is 6.03. The van der Waals surface area contributed by atoms with E-state index in [1.54, 1.807) is 0 Å². The SMILES string of the molecule is C=C(C)COc1ccc(-c2cn3cccc(CO)c3n2)cc1. The molecule has 4 nitrogen and oxygen atoms in total. The number of aliphatic hydroxyl groups excluding tert-OH is 1. The molecule has 3 aromatic rings. The number of fused-ring (bicyclic) bond motifs is 1. The monoisotopic (exact) mass is 294 g/mol. The third-order valence-corrected chi connectivity index (χ3v) is 3.37. The van der Waals surface area contributed by atoms with E-state index < -0.39 is 0 Å². The predicted octanol–water partition coefficient (Wildman–Crippen LogP) is 3.45. The molecule has 0 saturated carbocycles. The Morgan fingerprint density at radius 1 is 1.27 bits per heavy atom. The average molecular weight is 294 g/mol. The molecule has 0 fully saturated rings. The molecule has 0 aliphatic rings. The quantitative estimate of drug-likeness (QED) is 0.733. The second-order valence-corrected chi connectivity index (χ2v) is 5.32. The Bertz CT molecular complexity index is 804. The summed E-state index contributed by atoms with van der Waals surface area (Å²) < 4.78 is 7.52. The largest absolute Gasteiger partial charge is 0.489 e. The topological polar surface area (TPSA) is 46.8 Å². The van der Waals surface area contributed by atoms with Crippen LogP contribution in [-0.4, -0.2) is 21.1 Å². The van der Waals surface area contributed by atoms with Crippen molar-refractivity contribution in [3.05, 3.63) is 66.5 Å². The molecule has 0 spiro atoms. The molecule has 0 amide bonds. The summed E-state index contributed by atoms with van der Waals surface area (Å²) in [7, 11) is 0. The Balaban J connectivity index is 1.89. The summed E-state index contributed by atoms with van der Waals surface area (Å²) in [5.74, 6) is 0.812. The van der Waals surface area contributed by atoms with Gasteiger partial charge in [-0.15, -0.1) is 0 Å². The van der Waals surface area contributed by atoms with Gasteiger partial charge in [-0.1, -0.05) is 12.6 Å². The number of benzene rings is 1. The van der Waals surface area contributed by atoms with Crippen molar-refractivity contribution in [2.45, 2.75) is 13.5 Å². The van der Waals surface area contributed by atoms with Gasteiger partial charge in [0.15, 0.2) is 0 Å². The Morgan fingerprint density at radius 3 is 2.73 bits per heavy atom. The summed E-state index contributed by atoms with van der Waals surface area (Å²) in [5, 5.41) is 9.38. The zero-order valence-corrected chi connectivity index (χ0v) is 12.5. The normalized spacial score (nSPS) is 10.8. The van der Waals surface area contributed by atoms with Crippen LogP contribution in [-0.2, 0) is 6.61 Å². The number of rotatable bonds is 5. The van der Waals surface area contributed by atoms with Crippen molar-refractivity contribution in [1.82, 2.24) is 9.38 Å². The number of hydrogen-bond acceptors (Lipinski definition) is 3. The number of imidazole rings is 1. The van der Waals surface area contributed by atoms with E-state index in [9.17, 15) is 5.11 Å². The molecule has 0 atom stereocenters. The first kappa shape index (κ1) is 14.4. The summed E-state index contributed by atoms with van der Waals surface area (Å²) in [6.07, 6.45) is 3.88. The molecule has 0 unspecified atom stereocenters. The van der Waals surface area contributed by atoms with Crippen LogP contribution < -0.4 is 4.74 Å². The molecule has 0 aliphatic carbocycles. The average Bonchev–Trinajstić information content (AvgIpc) is 2.97. The molecule has 2 heterocycles. The molecule has 0 aliphatic heterocycles. The van der Waals surface area contributed by atoms with Gasteiger partial charge in [0, 0.05) is 23.5 Å². The van der Waals surface area contributed by atoms with E-state index in [-0.39, 0.29) is 6.61 Å². The highest BCUT2D eigenvalue weighted by Gasteiger charge is 2.07. The van der Waals surface area contributed by atoms with Gasteiger partial charge >= 0.3 is 0 Å². The van der Waals surface area contributed by atoms with E-state index in [0.29, 0.717) is 6.61 Å². The number of ether oxygens (including phenoxy) is 1. The van der Waals surface area contributed by atoms with Crippen molar-refractivity contribution in [2.24, 2.45) is 0 Å². The van der Waals surface area contributed by atoms with Gasteiger partial charge in [-0.25, -0.2) is 4.98 Å². The van der Waals surface area contributed by atoms with Gasteiger partial charge in [0.05, 0.1) is 12.3 Å². The summed E-state index contributed by atoms with van der Waals surface area (Å²) in [4.78, 5) is 4.61. The molecule has 1 aromatic carbocycles. The van der Waals surface area contributed by atoms with Gasteiger partial charge in [-0.05, 0) is 42.8 Å². The van der Waals surface area contributed by atoms with Gasteiger partial charge in [0.2, 0.25) is 0 Å². The van der Waals surface area contributed by atoms with E-state index in [0.717, 1.165) is 33.8 Å². The third kappa shape index (κ3) is 2.87. The fourth-order valence-corrected chi connectivity index (χ4v) is 2.26. The molecular weight excluding hydrogens is 276 g/mol. The van der Waals surface area contributed by atoms with Crippen LogP contribution in [0.15, 0.2) is 60.9 Å². The van der Waals surface area contributed by atoms with Gasteiger partial charge in [-0.2, -0.15) is 0 Å². The number of hydrogen-bond donors (Lipinski definition) is 1. The molecular formula is C18H18N2O2. The number of aromatic nitrogens is 2. The van der Waals surface area contributed by atoms with Crippen LogP contribution >= 0.6 is 0 Å². The van der Waals surface area contributed by atoms with Gasteiger partial charge in [0.1, 0.15) is 18.0 Å². The highest BCUT2D eigenvalue weighted by atomic mass is 16.5. The van der Waals surface area contributed by atoms with Gasteiger partial charge in [-0.3, -0.25) is 0 Å². The summed E-state index contributed by atoms with van der Waals surface area (Å²) >= 11 is 0. The van der Waals surface area contributed by atoms with Crippen LogP contribution in [0.4, 0.5) is 0 Å². The first-order valence-electron chi connectivity index (χ1n) is 7.12. The number of nitrogens with zero attached hydrogens (tertiary/aromatic N) is 2. The second-order valence-electron chi connectivity index (χ2n) is 5.32. The van der Waals surface area contributed by atoms with Crippen LogP contribution in [0.5, 0.6) is 5.75 Å². The van der Waals surface area contributed by atoms with Crippen LogP contribution in [0.1, 0.15) is 12.5 Å². The minimum atomic E-state index is -0.0194. The van der Waals surface area contributed by atoms with Crippen LogP contribution in [0.3, 0.4) is 0 Å². The molecule has 0 radical (unpaired) electrons. The number of pyridine rings is 1. The lowest BCUT2D eigenvalue weighted by atomic mass is 10.1. The Hall–Kier alpha value is -2.59.